The molecule has 0 radical (unpaired) electrons. The molecule has 2 aromatic rings. The van der Waals surface area contributed by atoms with Crippen LogP contribution in [0.2, 0.25) is 0 Å². The van der Waals surface area contributed by atoms with Gasteiger partial charge in [-0.25, -0.2) is 9.80 Å². The van der Waals surface area contributed by atoms with Crippen molar-refractivity contribution >= 4 is 35.2 Å². The Morgan fingerprint density at radius 3 is 2.55 bits per heavy atom. The van der Waals surface area contributed by atoms with Crippen LogP contribution < -0.4 is 14.8 Å². The summed E-state index contributed by atoms with van der Waals surface area (Å²) in [4.78, 5) is 27.1. The first-order valence-electron chi connectivity index (χ1n) is 13.0. The van der Waals surface area contributed by atoms with Crippen LogP contribution in [0.4, 0.5) is 10.5 Å². The molecule has 1 saturated heterocycles. The molecule has 2 heterocycles. The molecule has 2 amide bonds. The van der Waals surface area contributed by atoms with Gasteiger partial charge in [-0.05, 0) is 49.7 Å². The molecule has 2 aromatic carbocycles. The highest BCUT2D eigenvalue weighted by Crippen LogP contribution is 2.30. The molecule has 38 heavy (non-hydrogen) atoms. The molecule has 0 saturated carbocycles. The minimum Gasteiger partial charge on any atom is -0.493 e. The van der Waals surface area contributed by atoms with Crippen molar-refractivity contribution in [1.82, 2.24) is 9.91 Å². The molecule has 0 aliphatic carbocycles. The van der Waals surface area contributed by atoms with Crippen molar-refractivity contribution in [3.05, 3.63) is 53.6 Å². The van der Waals surface area contributed by atoms with Gasteiger partial charge >= 0.3 is 6.09 Å². The molecule has 10 heteroatoms. The summed E-state index contributed by atoms with van der Waals surface area (Å²) in [7, 11) is 1.61. The fourth-order valence-electron chi connectivity index (χ4n) is 4.25. The van der Waals surface area contributed by atoms with E-state index in [-0.39, 0.29) is 12.0 Å². The van der Waals surface area contributed by atoms with Crippen LogP contribution in [-0.2, 0) is 16.1 Å². The van der Waals surface area contributed by atoms with E-state index < -0.39 is 6.09 Å². The number of ether oxygens (including phenoxy) is 3. The van der Waals surface area contributed by atoms with Gasteiger partial charge in [-0.1, -0.05) is 12.1 Å². The topological polar surface area (TPSA) is 92.7 Å². The third-order valence-corrected chi connectivity index (χ3v) is 7.18. The lowest BCUT2D eigenvalue weighted by Crippen LogP contribution is -2.35. The maximum Gasteiger partial charge on any atom is 0.411 e. The lowest BCUT2D eigenvalue weighted by molar-refractivity contribution is -0.132. The molecule has 0 spiro atoms. The Kier molecular flexibility index (Phi) is 9.89. The molecule has 9 nitrogen and oxygen atoms in total. The smallest absolute Gasteiger partial charge is 0.411 e. The summed E-state index contributed by atoms with van der Waals surface area (Å²) >= 11 is 1.96. The number of hydrogen-bond acceptors (Lipinski definition) is 8. The van der Waals surface area contributed by atoms with Gasteiger partial charge in [0.1, 0.15) is 6.61 Å². The maximum absolute atomic E-state index is 12.6. The van der Waals surface area contributed by atoms with Crippen LogP contribution in [0.25, 0.3) is 0 Å². The lowest BCUT2D eigenvalue weighted by Gasteiger charge is -2.25. The fraction of sp³-hybridized carbons (Fsp3) is 0.464. The van der Waals surface area contributed by atoms with Crippen molar-refractivity contribution in [1.29, 1.82) is 0 Å². The average Bonchev–Trinajstić information content (AvgIpc) is 2.91. The van der Waals surface area contributed by atoms with E-state index in [1.807, 2.05) is 55.9 Å². The molecule has 2 aliphatic heterocycles. The van der Waals surface area contributed by atoms with Crippen molar-refractivity contribution in [3.63, 3.8) is 0 Å². The summed E-state index contributed by atoms with van der Waals surface area (Å²) in [5.41, 5.74) is 3.27. The zero-order valence-electron chi connectivity index (χ0n) is 22.3. The van der Waals surface area contributed by atoms with Crippen molar-refractivity contribution in [2.45, 2.75) is 39.3 Å². The van der Waals surface area contributed by atoms with Crippen LogP contribution >= 0.6 is 11.8 Å². The fourth-order valence-corrected chi connectivity index (χ4v) is 5.23. The number of nitrogens with one attached hydrogen (secondary N) is 1. The molecule has 204 valence electrons. The second-order valence-electron chi connectivity index (χ2n) is 9.44. The minimum atomic E-state index is -0.468. The number of carbonyl (C=O) groups excluding carboxylic acids is 2. The van der Waals surface area contributed by atoms with Crippen LogP contribution in [0, 0.1) is 0 Å². The number of benzene rings is 2. The van der Waals surface area contributed by atoms with Gasteiger partial charge < -0.3 is 14.2 Å². The average molecular weight is 541 g/mol. The summed E-state index contributed by atoms with van der Waals surface area (Å²) in [6.45, 7) is 7.46. The third kappa shape index (κ3) is 7.88. The van der Waals surface area contributed by atoms with Crippen molar-refractivity contribution in [2.24, 2.45) is 5.10 Å². The van der Waals surface area contributed by atoms with Crippen LogP contribution in [0.15, 0.2) is 47.6 Å². The number of hydrazone groups is 1. The molecular formula is C28H36N4O5S. The van der Waals surface area contributed by atoms with E-state index in [2.05, 4.69) is 15.3 Å². The van der Waals surface area contributed by atoms with Gasteiger partial charge in [0, 0.05) is 55.2 Å². The predicted molar refractivity (Wildman–Crippen MR) is 150 cm³/mol. The van der Waals surface area contributed by atoms with Gasteiger partial charge in [0.05, 0.1) is 25.5 Å². The minimum absolute atomic E-state index is 0.00338. The Labute approximate surface area is 228 Å². The quantitative estimate of drug-likeness (QED) is 0.471. The zero-order valence-corrected chi connectivity index (χ0v) is 23.1. The number of hydrogen-bond donors (Lipinski definition) is 1. The molecule has 1 fully saturated rings. The highest BCUT2D eigenvalue weighted by molar-refractivity contribution is 7.99. The normalized spacial score (nSPS) is 16.3. The molecule has 0 atom stereocenters. The number of rotatable bonds is 10. The first-order chi connectivity index (χ1) is 18.4. The first-order valence-corrected chi connectivity index (χ1v) is 14.1. The Hall–Kier alpha value is -3.24. The number of thioether (sulfide) groups is 1. The number of carbonyl (C=O) groups is 2. The molecule has 2 aliphatic rings. The molecule has 0 aromatic heterocycles. The van der Waals surface area contributed by atoms with E-state index in [9.17, 15) is 9.59 Å². The van der Waals surface area contributed by atoms with Gasteiger partial charge in [0.25, 0.3) is 0 Å². The second kappa shape index (κ2) is 13.5. The second-order valence-corrected chi connectivity index (χ2v) is 10.7. The summed E-state index contributed by atoms with van der Waals surface area (Å²) in [5.74, 6) is 3.54. The van der Waals surface area contributed by atoms with Gasteiger partial charge in [-0.15, -0.1) is 0 Å². The van der Waals surface area contributed by atoms with Crippen molar-refractivity contribution in [3.8, 4) is 11.5 Å². The predicted octanol–water partition coefficient (Wildman–Crippen LogP) is 4.61. The Balaban J connectivity index is 1.33. The van der Waals surface area contributed by atoms with Crippen molar-refractivity contribution < 1.29 is 23.8 Å². The Morgan fingerprint density at radius 2 is 1.84 bits per heavy atom. The van der Waals surface area contributed by atoms with E-state index in [0.29, 0.717) is 43.2 Å². The first kappa shape index (κ1) is 27.8. The zero-order chi connectivity index (χ0) is 26.9. The van der Waals surface area contributed by atoms with Crippen molar-refractivity contribution in [2.75, 3.05) is 50.2 Å². The lowest BCUT2D eigenvalue weighted by atomic mass is 10.0. The summed E-state index contributed by atoms with van der Waals surface area (Å²) < 4.78 is 16.6. The molecule has 4 rings (SSSR count). The largest absolute Gasteiger partial charge is 0.493 e. The van der Waals surface area contributed by atoms with Crippen LogP contribution in [-0.4, -0.2) is 78.6 Å². The number of amides is 2. The summed E-state index contributed by atoms with van der Waals surface area (Å²) in [6.07, 6.45) is 0.478. The highest BCUT2D eigenvalue weighted by atomic mass is 32.2. The van der Waals surface area contributed by atoms with Gasteiger partial charge in [-0.3, -0.25) is 15.0 Å². The van der Waals surface area contributed by atoms with Gasteiger partial charge in [0.15, 0.2) is 11.5 Å². The standard InChI is InChI=1S/C28H36N4O5S/c1-20(2)37-26-18-22(6-10-25(26)35-3)24-9-11-27(33)32(30-24)19-21-4-7-23(8-5-21)29-28(34)36-15-12-31-13-16-38-17-14-31/h4-8,10,18,20H,9,11-17,19H2,1-3H3,(H,29,34). The Bertz CT molecular complexity index is 1130. The molecule has 0 bridgehead atoms. The summed E-state index contributed by atoms with van der Waals surface area (Å²) in [6, 6.07) is 13.1. The van der Waals surface area contributed by atoms with E-state index in [1.165, 1.54) is 5.01 Å². The van der Waals surface area contributed by atoms with E-state index in [1.54, 1.807) is 19.2 Å². The molecule has 1 N–H and O–H groups in total. The van der Waals surface area contributed by atoms with E-state index in [0.717, 1.165) is 48.0 Å². The van der Waals surface area contributed by atoms with Crippen LogP contribution in [0.5, 0.6) is 11.5 Å². The maximum atomic E-state index is 12.6. The van der Waals surface area contributed by atoms with Crippen LogP contribution in [0.1, 0.15) is 37.8 Å². The number of anilines is 1. The number of methoxy groups -OCH3 is 1. The third-order valence-electron chi connectivity index (χ3n) is 6.24. The van der Waals surface area contributed by atoms with E-state index in [4.69, 9.17) is 14.2 Å². The highest BCUT2D eigenvalue weighted by Gasteiger charge is 2.22. The van der Waals surface area contributed by atoms with Gasteiger partial charge in [0.2, 0.25) is 5.91 Å². The SMILES string of the molecule is COc1ccc(C2=NN(Cc3ccc(NC(=O)OCCN4CCSCC4)cc3)C(=O)CC2)cc1OC(C)C. The summed E-state index contributed by atoms with van der Waals surface area (Å²) in [5, 5.41) is 8.92. The Morgan fingerprint density at radius 1 is 1.08 bits per heavy atom. The van der Waals surface area contributed by atoms with E-state index >= 15 is 0 Å². The van der Waals surface area contributed by atoms with Gasteiger partial charge in [-0.2, -0.15) is 16.9 Å². The van der Waals surface area contributed by atoms with Crippen LogP contribution in [0.3, 0.4) is 0 Å². The monoisotopic (exact) mass is 540 g/mol. The molecule has 0 unspecified atom stereocenters. The molecular weight excluding hydrogens is 504 g/mol. The number of nitrogens with zero attached hydrogens (tertiary/aromatic N) is 3.